The van der Waals surface area contributed by atoms with Gasteiger partial charge in [0.1, 0.15) is 5.75 Å². The second-order valence-electron chi connectivity index (χ2n) is 5.03. The molecule has 0 atom stereocenters. The highest BCUT2D eigenvalue weighted by atomic mass is 35.5. The third-order valence-electron chi connectivity index (χ3n) is 3.25. The molecule has 21 heavy (non-hydrogen) atoms. The van der Waals surface area contributed by atoms with E-state index in [0.717, 1.165) is 18.4 Å². The maximum Gasteiger partial charge on any atom is 0.229 e. The van der Waals surface area contributed by atoms with Crippen LogP contribution in [0, 0.1) is 0 Å². The molecule has 0 bridgehead atoms. The molecule has 1 aliphatic carbocycles. The monoisotopic (exact) mass is 327 g/mol. The van der Waals surface area contributed by atoms with Crippen molar-refractivity contribution >= 4 is 23.2 Å². The van der Waals surface area contributed by atoms with Crippen LogP contribution in [0.5, 0.6) is 5.75 Å². The zero-order valence-corrected chi connectivity index (χ0v) is 12.8. The van der Waals surface area contributed by atoms with Gasteiger partial charge in [0.25, 0.3) is 0 Å². The van der Waals surface area contributed by atoms with Crippen LogP contribution in [-0.2, 0) is 13.0 Å². The number of nitrogens with zero attached hydrogens (tertiary/aromatic N) is 2. The molecular weight excluding hydrogens is 313 g/mol. The van der Waals surface area contributed by atoms with Gasteiger partial charge in [-0.15, -0.1) is 0 Å². The summed E-state index contributed by atoms with van der Waals surface area (Å²) in [7, 11) is 0. The molecule has 1 heterocycles. The van der Waals surface area contributed by atoms with Crippen molar-refractivity contribution in [2.24, 2.45) is 5.73 Å². The van der Waals surface area contributed by atoms with Gasteiger partial charge in [-0.25, -0.2) is 0 Å². The van der Waals surface area contributed by atoms with Gasteiger partial charge in [-0.3, -0.25) is 0 Å². The molecular formula is C14H15Cl2N3O2. The Balaban J connectivity index is 1.73. The van der Waals surface area contributed by atoms with Crippen molar-refractivity contribution in [1.29, 1.82) is 0 Å². The molecule has 0 aliphatic heterocycles. The molecule has 0 amide bonds. The second-order valence-corrected chi connectivity index (χ2v) is 5.87. The number of halogens is 2. The molecule has 1 saturated carbocycles. The minimum Gasteiger partial charge on any atom is -0.484 e. The Kier molecular flexibility index (Phi) is 4.33. The van der Waals surface area contributed by atoms with Gasteiger partial charge >= 0.3 is 0 Å². The summed E-state index contributed by atoms with van der Waals surface area (Å²) in [6, 6.07) is 3.45. The molecule has 1 aromatic heterocycles. The van der Waals surface area contributed by atoms with Gasteiger partial charge in [-0.2, -0.15) is 4.98 Å². The highest BCUT2D eigenvalue weighted by molar-refractivity contribution is 6.35. The lowest BCUT2D eigenvalue weighted by Crippen LogP contribution is -2.06. The number of hydrogen-bond acceptors (Lipinski definition) is 5. The SMILES string of the molecule is NCCc1cc(Cl)cc(Cl)c1OCc1noc(C2CC2)n1. The van der Waals surface area contributed by atoms with E-state index in [1.807, 2.05) is 6.07 Å². The molecule has 1 fully saturated rings. The largest absolute Gasteiger partial charge is 0.484 e. The number of ether oxygens (including phenoxy) is 1. The van der Waals surface area contributed by atoms with Crippen LogP contribution in [0.2, 0.25) is 10.0 Å². The third-order valence-corrected chi connectivity index (χ3v) is 3.75. The Labute approximate surface area is 132 Å². The van der Waals surface area contributed by atoms with E-state index in [2.05, 4.69) is 10.1 Å². The Morgan fingerprint density at radius 2 is 2.14 bits per heavy atom. The van der Waals surface area contributed by atoms with E-state index in [9.17, 15) is 0 Å². The van der Waals surface area contributed by atoms with Crippen molar-refractivity contribution in [1.82, 2.24) is 10.1 Å². The predicted octanol–water partition coefficient (Wildman–Crippen LogP) is 3.33. The van der Waals surface area contributed by atoms with Crippen LogP contribution in [0.15, 0.2) is 16.7 Å². The van der Waals surface area contributed by atoms with Gasteiger partial charge in [0.15, 0.2) is 6.61 Å². The minimum atomic E-state index is 0.204. The summed E-state index contributed by atoms with van der Waals surface area (Å²) in [6.45, 7) is 0.691. The Hall–Kier alpha value is -1.30. The van der Waals surface area contributed by atoms with E-state index in [-0.39, 0.29) is 6.61 Å². The lowest BCUT2D eigenvalue weighted by molar-refractivity contribution is 0.282. The second kappa shape index (κ2) is 6.22. The maximum absolute atomic E-state index is 6.19. The lowest BCUT2D eigenvalue weighted by Gasteiger charge is -2.12. The molecule has 3 rings (SSSR count). The fourth-order valence-electron chi connectivity index (χ4n) is 2.08. The third kappa shape index (κ3) is 3.48. The average Bonchev–Trinajstić information content (AvgIpc) is 3.18. The smallest absolute Gasteiger partial charge is 0.229 e. The molecule has 1 aromatic carbocycles. The number of nitrogens with two attached hydrogens (primary N) is 1. The van der Waals surface area contributed by atoms with Gasteiger partial charge < -0.3 is 15.0 Å². The van der Waals surface area contributed by atoms with Crippen molar-refractivity contribution in [2.45, 2.75) is 31.8 Å². The molecule has 0 saturated heterocycles. The molecule has 0 unspecified atom stereocenters. The summed E-state index contributed by atoms with van der Waals surface area (Å²) in [4.78, 5) is 4.31. The first-order valence-corrected chi connectivity index (χ1v) is 7.56. The van der Waals surface area contributed by atoms with Crippen molar-refractivity contribution < 1.29 is 9.26 Å². The first-order chi connectivity index (χ1) is 10.2. The molecule has 5 nitrogen and oxygen atoms in total. The number of aromatic nitrogens is 2. The lowest BCUT2D eigenvalue weighted by atomic mass is 10.1. The highest BCUT2D eigenvalue weighted by Gasteiger charge is 2.29. The van der Waals surface area contributed by atoms with E-state index in [1.54, 1.807) is 6.07 Å². The van der Waals surface area contributed by atoms with Crippen LogP contribution in [0.1, 0.15) is 36.0 Å². The topological polar surface area (TPSA) is 74.2 Å². The molecule has 2 aromatic rings. The fourth-order valence-corrected chi connectivity index (χ4v) is 2.67. The Bertz CT molecular complexity index is 641. The first kappa shape index (κ1) is 14.6. The summed E-state index contributed by atoms with van der Waals surface area (Å²) in [5.74, 6) is 2.21. The molecule has 0 radical (unpaired) electrons. The number of rotatable bonds is 6. The molecule has 112 valence electrons. The summed E-state index contributed by atoms with van der Waals surface area (Å²) < 4.78 is 10.9. The van der Waals surface area contributed by atoms with Gasteiger partial charge in [0, 0.05) is 10.9 Å². The fraction of sp³-hybridized carbons (Fsp3) is 0.429. The molecule has 0 spiro atoms. The normalized spacial score (nSPS) is 14.4. The molecule has 2 N–H and O–H groups in total. The van der Waals surface area contributed by atoms with Crippen molar-refractivity contribution in [2.75, 3.05) is 6.54 Å². The Morgan fingerprint density at radius 1 is 1.33 bits per heavy atom. The summed E-state index contributed by atoms with van der Waals surface area (Å²) in [6.07, 6.45) is 2.87. The van der Waals surface area contributed by atoms with E-state index >= 15 is 0 Å². The van der Waals surface area contributed by atoms with Crippen LogP contribution in [0.25, 0.3) is 0 Å². The van der Waals surface area contributed by atoms with E-state index < -0.39 is 0 Å². The zero-order valence-electron chi connectivity index (χ0n) is 11.3. The minimum absolute atomic E-state index is 0.204. The summed E-state index contributed by atoms with van der Waals surface area (Å²) in [5, 5.41) is 4.93. The standard InChI is InChI=1S/C14H15Cl2N3O2/c15-10-5-9(3-4-17)13(11(16)6-10)20-7-12-18-14(21-19-12)8-1-2-8/h5-6,8H,1-4,7,17H2. The maximum atomic E-state index is 6.19. The van der Waals surface area contributed by atoms with Crippen LogP contribution >= 0.6 is 23.2 Å². The van der Waals surface area contributed by atoms with Crippen molar-refractivity contribution in [3.05, 3.63) is 39.5 Å². The van der Waals surface area contributed by atoms with Gasteiger partial charge in [-0.1, -0.05) is 28.4 Å². The van der Waals surface area contributed by atoms with Gasteiger partial charge in [-0.05, 0) is 43.5 Å². The first-order valence-electron chi connectivity index (χ1n) is 6.80. The van der Waals surface area contributed by atoms with Crippen LogP contribution in [-0.4, -0.2) is 16.7 Å². The van der Waals surface area contributed by atoms with Crippen LogP contribution in [0.3, 0.4) is 0 Å². The summed E-state index contributed by atoms with van der Waals surface area (Å²) >= 11 is 12.2. The molecule has 7 heteroatoms. The number of hydrogen-bond donors (Lipinski definition) is 1. The zero-order chi connectivity index (χ0) is 14.8. The predicted molar refractivity (Wildman–Crippen MR) is 79.8 cm³/mol. The molecule has 1 aliphatic rings. The highest BCUT2D eigenvalue weighted by Crippen LogP contribution is 2.39. The van der Waals surface area contributed by atoms with Crippen LogP contribution < -0.4 is 10.5 Å². The number of benzene rings is 1. The van der Waals surface area contributed by atoms with Crippen molar-refractivity contribution in [3.63, 3.8) is 0 Å². The van der Waals surface area contributed by atoms with Gasteiger partial charge in [0.2, 0.25) is 11.7 Å². The van der Waals surface area contributed by atoms with Gasteiger partial charge in [0.05, 0.1) is 5.02 Å². The van der Waals surface area contributed by atoms with E-state index in [4.69, 9.17) is 38.2 Å². The van der Waals surface area contributed by atoms with E-state index in [1.165, 1.54) is 0 Å². The van der Waals surface area contributed by atoms with Crippen molar-refractivity contribution in [3.8, 4) is 5.75 Å². The Morgan fingerprint density at radius 3 is 2.86 bits per heavy atom. The summed E-state index contributed by atoms with van der Waals surface area (Å²) in [5.41, 5.74) is 6.47. The van der Waals surface area contributed by atoms with Crippen LogP contribution in [0.4, 0.5) is 0 Å². The van der Waals surface area contributed by atoms with E-state index in [0.29, 0.717) is 46.4 Å². The average molecular weight is 328 g/mol. The quantitative estimate of drug-likeness (QED) is 0.880.